The van der Waals surface area contributed by atoms with Gasteiger partial charge in [-0.25, -0.2) is 4.98 Å². The first-order chi connectivity index (χ1) is 12.2. The molecule has 0 fully saturated rings. The Labute approximate surface area is 149 Å². The molecule has 0 saturated carbocycles. The monoisotopic (exact) mass is 358 g/mol. The fourth-order valence-electron chi connectivity index (χ4n) is 2.03. The van der Waals surface area contributed by atoms with Crippen LogP contribution >= 0.6 is 11.3 Å². The molecular weight excluding hydrogens is 340 g/mol. The number of aromatic nitrogens is 1. The maximum absolute atomic E-state index is 12.0. The Morgan fingerprint density at radius 3 is 2.80 bits per heavy atom. The van der Waals surface area contributed by atoms with E-state index in [4.69, 9.17) is 14.7 Å². The van der Waals surface area contributed by atoms with Crippen molar-refractivity contribution < 1.29 is 14.3 Å². The summed E-state index contributed by atoms with van der Waals surface area (Å²) in [5.74, 6) is 0.849. The molecule has 0 aliphatic carbocycles. The number of hydrogen-bond acceptors (Lipinski definition) is 7. The number of benzene rings is 1. The topological polar surface area (TPSA) is 96.3 Å². The number of ether oxygens (including phenoxy) is 2. The van der Waals surface area contributed by atoms with Gasteiger partial charge in [0.25, 0.3) is 5.91 Å². The number of nitriles is 1. The van der Waals surface area contributed by atoms with E-state index in [1.807, 2.05) is 24.3 Å². The van der Waals surface area contributed by atoms with Crippen molar-refractivity contribution >= 4 is 22.4 Å². The number of nitrogens with one attached hydrogen (secondary N) is 2. The van der Waals surface area contributed by atoms with Gasteiger partial charge < -0.3 is 20.1 Å². The van der Waals surface area contributed by atoms with E-state index in [0.29, 0.717) is 29.6 Å². The zero-order valence-corrected chi connectivity index (χ0v) is 14.7. The van der Waals surface area contributed by atoms with Gasteiger partial charge >= 0.3 is 0 Å². The minimum Gasteiger partial charge on any atom is -0.493 e. The van der Waals surface area contributed by atoms with Crippen molar-refractivity contribution in [1.29, 1.82) is 5.26 Å². The minimum absolute atomic E-state index is 0.0116. The summed E-state index contributed by atoms with van der Waals surface area (Å²) >= 11 is 1.38. The van der Waals surface area contributed by atoms with E-state index in [9.17, 15) is 4.79 Å². The van der Waals surface area contributed by atoms with E-state index in [1.54, 1.807) is 25.8 Å². The summed E-state index contributed by atoms with van der Waals surface area (Å²) in [6.45, 7) is 0.393. The predicted octanol–water partition coefficient (Wildman–Crippen LogP) is 2.34. The number of rotatable bonds is 8. The molecule has 0 aliphatic rings. The molecular formula is C17H18N4O3S. The van der Waals surface area contributed by atoms with Crippen LogP contribution in [0.2, 0.25) is 0 Å². The third kappa shape index (κ3) is 5.22. The van der Waals surface area contributed by atoms with Gasteiger partial charge in [-0.2, -0.15) is 5.26 Å². The van der Waals surface area contributed by atoms with Crippen LogP contribution in [0.1, 0.15) is 5.56 Å². The van der Waals surface area contributed by atoms with Crippen molar-refractivity contribution in [2.45, 2.75) is 6.42 Å². The second-order valence-corrected chi connectivity index (χ2v) is 5.74. The Bertz CT molecular complexity index is 782. The van der Waals surface area contributed by atoms with Gasteiger partial charge in [0, 0.05) is 24.3 Å². The molecule has 0 spiro atoms. The minimum atomic E-state index is -0.438. The van der Waals surface area contributed by atoms with E-state index in [-0.39, 0.29) is 5.57 Å². The molecule has 0 saturated heterocycles. The highest BCUT2D eigenvalue weighted by Crippen LogP contribution is 2.27. The summed E-state index contributed by atoms with van der Waals surface area (Å²) in [6, 6.07) is 7.45. The molecule has 8 heteroatoms. The number of hydrogen-bond donors (Lipinski definition) is 2. The molecule has 7 nitrogen and oxygen atoms in total. The average Bonchev–Trinajstić information content (AvgIpc) is 3.15. The predicted molar refractivity (Wildman–Crippen MR) is 95.7 cm³/mol. The van der Waals surface area contributed by atoms with Crippen LogP contribution in [0.15, 0.2) is 41.5 Å². The van der Waals surface area contributed by atoms with Gasteiger partial charge in [0.15, 0.2) is 16.6 Å². The Balaban J connectivity index is 1.88. The summed E-state index contributed by atoms with van der Waals surface area (Å²) in [5, 5.41) is 17.1. The quantitative estimate of drug-likeness (QED) is 0.555. The Hall–Kier alpha value is -3.05. The summed E-state index contributed by atoms with van der Waals surface area (Å²) in [4.78, 5) is 16.1. The van der Waals surface area contributed by atoms with Crippen LogP contribution in [0.4, 0.5) is 5.13 Å². The highest BCUT2D eigenvalue weighted by atomic mass is 32.1. The van der Waals surface area contributed by atoms with Crippen LogP contribution in [0.25, 0.3) is 0 Å². The molecule has 1 heterocycles. The number of carbonyl (C=O) groups is 1. The SMILES string of the molecule is COc1ccc(CCNC(=O)/C(C#N)=C\Nc2nccs2)cc1OC. The number of nitrogens with zero attached hydrogens (tertiary/aromatic N) is 2. The van der Waals surface area contributed by atoms with Crippen LogP contribution < -0.4 is 20.1 Å². The van der Waals surface area contributed by atoms with Crippen molar-refractivity contribution in [2.24, 2.45) is 0 Å². The zero-order valence-electron chi connectivity index (χ0n) is 13.9. The lowest BCUT2D eigenvalue weighted by molar-refractivity contribution is -0.117. The first-order valence-electron chi connectivity index (χ1n) is 7.43. The summed E-state index contributed by atoms with van der Waals surface area (Å²) in [6.07, 6.45) is 3.59. The summed E-state index contributed by atoms with van der Waals surface area (Å²) in [5.41, 5.74) is 0.976. The Morgan fingerprint density at radius 2 is 2.16 bits per heavy atom. The lowest BCUT2D eigenvalue weighted by Crippen LogP contribution is -2.27. The molecule has 2 rings (SSSR count). The molecule has 0 unspecified atom stereocenters. The number of carbonyl (C=O) groups excluding carboxylic acids is 1. The summed E-state index contributed by atoms with van der Waals surface area (Å²) < 4.78 is 10.4. The molecule has 2 N–H and O–H groups in total. The van der Waals surface area contributed by atoms with Crippen molar-refractivity contribution in [1.82, 2.24) is 10.3 Å². The third-order valence-corrected chi connectivity index (χ3v) is 3.99. The molecule has 1 amide bonds. The molecule has 0 bridgehead atoms. The van der Waals surface area contributed by atoms with Gasteiger partial charge in [-0.3, -0.25) is 4.79 Å². The van der Waals surface area contributed by atoms with E-state index in [2.05, 4.69) is 15.6 Å². The number of methoxy groups -OCH3 is 2. The molecule has 0 atom stereocenters. The van der Waals surface area contributed by atoms with Crippen molar-refractivity contribution in [2.75, 3.05) is 26.1 Å². The second kappa shape index (κ2) is 9.30. The molecule has 1 aromatic carbocycles. The largest absolute Gasteiger partial charge is 0.493 e. The fraction of sp³-hybridized carbons (Fsp3) is 0.235. The van der Waals surface area contributed by atoms with Gasteiger partial charge in [0.1, 0.15) is 11.6 Å². The van der Waals surface area contributed by atoms with Crippen LogP contribution in [0.3, 0.4) is 0 Å². The lowest BCUT2D eigenvalue weighted by Gasteiger charge is -2.10. The van der Waals surface area contributed by atoms with E-state index >= 15 is 0 Å². The Kier molecular flexibility index (Phi) is 6.80. The average molecular weight is 358 g/mol. The van der Waals surface area contributed by atoms with Crippen molar-refractivity contribution in [3.63, 3.8) is 0 Å². The van der Waals surface area contributed by atoms with Crippen LogP contribution in [-0.2, 0) is 11.2 Å². The van der Waals surface area contributed by atoms with Gasteiger partial charge in [-0.1, -0.05) is 6.07 Å². The van der Waals surface area contributed by atoms with Crippen LogP contribution in [-0.4, -0.2) is 31.7 Å². The zero-order chi connectivity index (χ0) is 18.1. The molecule has 2 aromatic rings. The first-order valence-corrected chi connectivity index (χ1v) is 8.31. The molecule has 1 aromatic heterocycles. The lowest BCUT2D eigenvalue weighted by atomic mass is 10.1. The van der Waals surface area contributed by atoms with Crippen molar-refractivity contribution in [3.05, 3.63) is 47.1 Å². The number of thiazole rings is 1. The first kappa shape index (κ1) is 18.3. The Morgan fingerprint density at radius 1 is 1.36 bits per heavy atom. The number of anilines is 1. The highest BCUT2D eigenvalue weighted by molar-refractivity contribution is 7.13. The maximum Gasteiger partial charge on any atom is 0.263 e. The standard InChI is InChI=1S/C17H18N4O3S/c1-23-14-4-3-12(9-15(14)24-2)5-6-19-16(22)13(10-18)11-21-17-20-7-8-25-17/h3-4,7-9,11H,5-6H2,1-2H3,(H,19,22)(H,20,21)/b13-11-. The second-order valence-electron chi connectivity index (χ2n) is 4.85. The van der Waals surface area contributed by atoms with E-state index < -0.39 is 5.91 Å². The smallest absolute Gasteiger partial charge is 0.263 e. The van der Waals surface area contributed by atoms with Gasteiger partial charge in [-0.15, -0.1) is 11.3 Å². The highest BCUT2D eigenvalue weighted by Gasteiger charge is 2.09. The van der Waals surface area contributed by atoms with Crippen LogP contribution in [0, 0.1) is 11.3 Å². The third-order valence-electron chi connectivity index (χ3n) is 3.28. The van der Waals surface area contributed by atoms with E-state index in [1.165, 1.54) is 17.5 Å². The molecule has 0 aliphatic heterocycles. The molecule has 130 valence electrons. The molecule has 25 heavy (non-hydrogen) atoms. The number of amides is 1. The maximum atomic E-state index is 12.0. The molecule has 0 radical (unpaired) electrons. The van der Waals surface area contributed by atoms with Gasteiger partial charge in [0.2, 0.25) is 0 Å². The van der Waals surface area contributed by atoms with Crippen LogP contribution in [0.5, 0.6) is 11.5 Å². The normalized spacial score (nSPS) is 10.7. The summed E-state index contributed by atoms with van der Waals surface area (Å²) in [7, 11) is 3.15. The van der Waals surface area contributed by atoms with Gasteiger partial charge in [0.05, 0.1) is 14.2 Å². The van der Waals surface area contributed by atoms with Gasteiger partial charge in [-0.05, 0) is 24.1 Å². The van der Waals surface area contributed by atoms with E-state index in [0.717, 1.165) is 5.56 Å². The fourth-order valence-corrected chi connectivity index (χ4v) is 2.53. The van der Waals surface area contributed by atoms with Crippen molar-refractivity contribution in [3.8, 4) is 17.6 Å².